The molecule has 5 N–H and O–H groups in total. The molecule has 380 valence electrons. The zero-order valence-corrected chi connectivity index (χ0v) is 41.0. The molecule has 2 fully saturated rings. The summed E-state index contributed by atoms with van der Waals surface area (Å²) in [6, 6.07) is -3.56. The third-order valence-electron chi connectivity index (χ3n) is 14.2. The van der Waals surface area contributed by atoms with Gasteiger partial charge >= 0.3 is 11.9 Å². The molecule has 0 radical (unpaired) electrons. The third kappa shape index (κ3) is 12.4. The summed E-state index contributed by atoms with van der Waals surface area (Å²) in [5.41, 5.74) is 6.99. The van der Waals surface area contributed by atoms with Gasteiger partial charge in [0, 0.05) is 28.2 Å². The molecule has 1 aromatic carbocycles. The number of nitrogens with zero attached hydrogens (tertiary/aromatic N) is 6. The Morgan fingerprint density at radius 2 is 1.09 bits per heavy atom. The Labute approximate surface area is 408 Å². The van der Waals surface area contributed by atoms with Gasteiger partial charge in [0.05, 0.1) is 17.2 Å². The maximum atomic E-state index is 14.9. The molecule has 21 heteroatoms. The first-order chi connectivity index (χ1) is 33.4. The number of ether oxygens (including phenoxy) is 2. The minimum Gasteiger partial charge on any atom is -0.462 e. The van der Waals surface area contributed by atoms with Gasteiger partial charge in [0.2, 0.25) is 35.4 Å². The highest BCUT2D eigenvalue weighted by atomic mass is 16.5. The van der Waals surface area contributed by atoms with Crippen molar-refractivity contribution in [1.29, 1.82) is 0 Å². The summed E-state index contributed by atoms with van der Waals surface area (Å²) in [6.45, 7) is 1.53. The van der Waals surface area contributed by atoms with Crippen molar-refractivity contribution in [2.24, 2.45) is 17.6 Å². The number of likely N-dealkylation sites (N-methyl/N-ethyl adjacent to an activating group) is 4. The maximum absolute atomic E-state index is 14.9. The Morgan fingerprint density at radius 1 is 0.629 bits per heavy atom. The summed E-state index contributed by atoms with van der Waals surface area (Å²) in [6.07, 6.45) is 11.5. The number of esters is 2. The van der Waals surface area contributed by atoms with Crippen LogP contribution in [-0.2, 0) is 47.8 Å². The van der Waals surface area contributed by atoms with Crippen LogP contribution in [0.25, 0.3) is 11.0 Å². The van der Waals surface area contributed by atoms with E-state index in [0.29, 0.717) is 36.7 Å². The summed E-state index contributed by atoms with van der Waals surface area (Å²) >= 11 is 0. The van der Waals surface area contributed by atoms with E-state index in [4.69, 9.17) is 15.2 Å². The topological polar surface area (TPSA) is 273 Å². The number of nitrogens with two attached hydrogens (primary N) is 1. The third-order valence-corrected chi connectivity index (χ3v) is 14.2. The van der Waals surface area contributed by atoms with Crippen molar-refractivity contribution in [2.75, 3.05) is 41.4 Å². The van der Waals surface area contributed by atoms with Crippen molar-refractivity contribution in [2.45, 2.75) is 139 Å². The normalized spacial score (nSPS) is 29.2. The summed E-state index contributed by atoms with van der Waals surface area (Å²) < 4.78 is 11.5. The first-order valence-corrected chi connectivity index (χ1v) is 24.3. The van der Waals surface area contributed by atoms with Gasteiger partial charge in [-0.3, -0.25) is 38.5 Å². The molecule has 2 saturated carbocycles. The van der Waals surface area contributed by atoms with E-state index >= 15 is 0 Å². The van der Waals surface area contributed by atoms with Gasteiger partial charge in [0.1, 0.15) is 67.2 Å². The largest absolute Gasteiger partial charge is 0.462 e. The summed E-state index contributed by atoms with van der Waals surface area (Å²) in [5.74, 6) is -7.58. The molecular weight excluding hydrogens is 905 g/mol. The van der Waals surface area contributed by atoms with Crippen LogP contribution >= 0.6 is 0 Å². The molecule has 0 saturated heterocycles. The summed E-state index contributed by atoms with van der Waals surface area (Å²) in [7, 11) is 5.67. The molecule has 6 unspecified atom stereocenters. The lowest BCUT2D eigenvalue weighted by Crippen LogP contribution is -2.60. The van der Waals surface area contributed by atoms with Crippen molar-refractivity contribution in [3.05, 3.63) is 48.3 Å². The van der Waals surface area contributed by atoms with Crippen molar-refractivity contribution in [1.82, 2.24) is 45.5 Å². The standard InChI is InChI=1S/C49H68N10O11/c1-28-44(63)56(3)37-23-15-16-24-38(46(65)58(5)39(30-17-9-7-10-18-30)48(67)69-26-32(50)41(60)52-28)57(4)45(64)29(2)53-43(62)36(55-42(61)35-25-51-33-21-13-14-22-34(33)54-35)27-70-49(68)40(59(6)47(37)66)31-19-11-8-12-20-31/h13-16,21-22,25,28-32,36-40H,7-12,17-20,23-24,26-27,50H2,1-6H3,(H,52,60)(H,53,62)(H,55,61)/b16-15-/t28?,29?,32?,36?,37-,38-,39?,40?/m0/s1. The Hall–Kier alpha value is -6.51. The molecule has 2 aromatic rings. The molecule has 0 spiro atoms. The lowest BCUT2D eigenvalue weighted by Gasteiger charge is -2.39. The number of benzene rings is 1. The fourth-order valence-electron chi connectivity index (χ4n) is 10.0. The molecule has 3 heterocycles. The van der Waals surface area contributed by atoms with Crippen LogP contribution in [0, 0.1) is 11.8 Å². The van der Waals surface area contributed by atoms with Gasteiger partial charge in [-0.05, 0) is 76.3 Å². The van der Waals surface area contributed by atoms with Crippen LogP contribution in [0.3, 0.4) is 0 Å². The highest BCUT2D eigenvalue weighted by Gasteiger charge is 2.44. The second-order valence-electron chi connectivity index (χ2n) is 19.1. The van der Waals surface area contributed by atoms with E-state index in [1.165, 1.54) is 62.9 Å². The van der Waals surface area contributed by atoms with Gasteiger partial charge in [-0.2, -0.15) is 0 Å². The van der Waals surface area contributed by atoms with E-state index in [9.17, 15) is 43.2 Å². The predicted octanol–water partition coefficient (Wildman–Crippen LogP) is 0.984. The van der Waals surface area contributed by atoms with Gasteiger partial charge in [0.25, 0.3) is 5.91 Å². The minimum absolute atomic E-state index is 0.123. The van der Waals surface area contributed by atoms with Crippen molar-refractivity contribution >= 4 is 64.3 Å². The average Bonchev–Trinajstić information content (AvgIpc) is 3.36. The Balaban J connectivity index is 1.43. The van der Waals surface area contributed by atoms with Gasteiger partial charge in [0.15, 0.2) is 0 Å². The first-order valence-electron chi connectivity index (χ1n) is 24.3. The van der Waals surface area contributed by atoms with Crippen molar-refractivity contribution < 1.29 is 52.6 Å². The fraction of sp³-hybridized carbons (Fsp3) is 0.612. The fourth-order valence-corrected chi connectivity index (χ4v) is 10.0. The molecule has 7 amide bonds. The number of carbonyl (C=O) groups is 9. The van der Waals surface area contributed by atoms with E-state index in [1.54, 1.807) is 36.4 Å². The SMILES string of the molecule is CC1NC(=O)C(N)COC(=O)C(C2CCCCC2)N(C)C(=O)[C@@H]2C/C=C\C[C@@H](C(=O)N(C)C(C3CCCCC3)C(=O)OCC(NC(=O)c3cnc4ccccc4n3)C(=O)NC(C)C(=O)N2C)N(C)C1=O. The number of hydrogen-bond donors (Lipinski definition) is 4. The zero-order chi connectivity index (χ0) is 50.8. The van der Waals surface area contributed by atoms with E-state index in [0.717, 1.165) is 43.4 Å². The molecule has 70 heavy (non-hydrogen) atoms. The quantitative estimate of drug-likeness (QED) is 0.246. The van der Waals surface area contributed by atoms with E-state index in [1.807, 2.05) is 0 Å². The number of fused-ring (bicyclic) bond motifs is 5. The molecule has 8 atom stereocenters. The molecule has 1 aromatic heterocycles. The van der Waals surface area contributed by atoms with Crippen LogP contribution in [0.1, 0.15) is 101 Å². The monoisotopic (exact) mass is 973 g/mol. The van der Waals surface area contributed by atoms with Crippen LogP contribution in [0.5, 0.6) is 0 Å². The zero-order valence-electron chi connectivity index (χ0n) is 41.0. The second kappa shape index (κ2) is 23.9. The van der Waals surface area contributed by atoms with Gasteiger partial charge in [-0.25, -0.2) is 14.6 Å². The molecule has 2 bridgehead atoms. The minimum atomic E-state index is -1.61. The number of rotatable bonds is 4. The molecule has 2 aliphatic heterocycles. The van der Waals surface area contributed by atoms with Gasteiger partial charge in [-0.1, -0.05) is 62.8 Å². The average molecular weight is 973 g/mol. The Bertz CT molecular complexity index is 2320. The van der Waals surface area contributed by atoms with Gasteiger partial charge < -0.3 is 50.8 Å². The number of hydrogen-bond acceptors (Lipinski definition) is 14. The first kappa shape index (κ1) is 52.9. The highest BCUT2D eigenvalue weighted by Crippen LogP contribution is 2.32. The van der Waals surface area contributed by atoms with Crippen LogP contribution in [-0.4, -0.2) is 173 Å². The summed E-state index contributed by atoms with van der Waals surface area (Å²) in [4.78, 5) is 142. The van der Waals surface area contributed by atoms with E-state index in [2.05, 4.69) is 25.9 Å². The van der Waals surface area contributed by atoms with E-state index < -0.39 is 115 Å². The van der Waals surface area contributed by atoms with Crippen LogP contribution in [0.2, 0.25) is 0 Å². The second-order valence-corrected chi connectivity index (χ2v) is 19.1. The Morgan fingerprint density at radius 3 is 1.59 bits per heavy atom. The number of carbonyl (C=O) groups excluding carboxylic acids is 9. The highest BCUT2D eigenvalue weighted by molar-refractivity contribution is 5.99. The van der Waals surface area contributed by atoms with Crippen molar-refractivity contribution in [3.63, 3.8) is 0 Å². The summed E-state index contributed by atoms with van der Waals surface area (Å²) in [5, 5.41) is 7.78. The number of para-hydroxylation sites is 2. The molecule has 6 rings (SSSR count). The van der Waals surface area contributed by atoms with Crippen LogP contribution in [0.15, 0.2) is 42.6 Å². The lowest BCUT2D eigenvalue weighted by molar-refractivity contribution is -0.161. The van der Waals surface area contributed by atoms with E-state index in [-0.39, 0.29) is 30.4 Å². The van der Waals surface area contributed by atoms with Crippen molar-refractivity contribution in [3.8, 4) is 0 Å². The maximum Gasteiger partial charge on any atom is 0.329 e. The molecule has 4 aliphatic rings. The molecule has 21 nitrogen and oxygen atoms in total. The smallest absolute Gasteiger partial charge is 0.329 e. The number of cyclic esters (lactones) is 2. The van der Waals surface area contributed by atoms with Crippen LogP contribution < -0.4 is 21.7 Å². The predicted molar refractivity (Wildman–Crippen MR) is 254 cm³/mol. The number of amides is 7. The lowest BCUT2D eigenvalue weighted by atomic mass is 9.83. The molecular formula is C49H68N10O11. The van der Waals surface area contributed by atoms with Gasteiger partial charge in [-0.15, -0.1) is 0 Å². The molecule has 2 aliphatic carbocycles. The number of aromatic nitrogens is 2. The number of nitrogens with one attached hydrogen (secondary N) is 3. The van der Waals surface area contributed by atoms with Crippen LogP contribution in [0.4, 0.5) is 0 Å². The Kier molecular flexibility index (Phi) is 18.0.